The molecule has 0 N–H and O–H groups in total. The second-order valence-electron chi connectivity index (χ2n) is 6.60. The molecule has 0 aliphatic heterocycles. The van der Waals surface area contributed by atoms with Crippen molar-refractivity contribution in [3.63, 3.8) is 0 Å². The molecule has 1 rings (SSSR count). The van der Waals surface area contributed by atoms with Crippen LogP contribution in [0.15, 0.2) is 6.20 Å². The molecule has 20 heavy (non-hydrogen) atoms. The van der Waals surface area contributed by atoms with Crippen molar-refractivity contribution in [3.05, 3.63) is 17.5 Å². The van der Waals surface area contributed by atoms with E-state index in [-0.39, 0.29) is 0 Å². The highest BCUT2D eigenvalue weighted by Gasteiger charge is 2.29. The molecule has 1 heterocycles. The maximum absolute atomic E-state index is 4.47. The van der Waals surface area contributed by atoms with Crippen LogP contribution in [-0.2, 0) is 12.5 Å². The summed E-state index contributed by atoms with van der Waals surface area (Å²) in [5, 5.41) is 4.47. The Morgan fingerprint density at radius 1 is 1.00 bits per heavy atom. The third kappa shape index (κ3) is 4.64. The zero-order valence-electron chi connectivity index (χ0n) is 14.3. The molecule has 0 amide bonds. The van der Waals surface area contributed by atoms with Crippen molar-refractivity contribution in [2.45, 2.75) is 90.9 Å². The van der Waals surface area contributed by atoms with Crippen LogP contribution in [0, 0.1) is 6.92 Å². The Morgan fingerprint density at radius 3 is 2.05 bits per heavy atom. The predicted molar refractivity (Wildman–Crippen MR) is 88.2 cm³/mol. The quantitative estimate of drug-likeness (QED) is 0.514. The van der Waals surface area contributed by atoms with Crippen molar-refractivity contribution in [1.29, 1.82) is 0 Å². The average molecular weight is 278 g/mol. The van der Waals surface area contributed by atoms with Gasteiger partial charge in [-0.15, -0.1) is 0 Å². The minimum absolute atomic E-state index is 0.321. The van der Waals surface area contributed by atoms with E-state index in [2.05, 4.69) is 46.0 Å². The second-order valence-corrected chi connectivity index (χ2v) is 6.60. The zero-order chi connectivity index (χ0) is 15.0. The first-order chi connectivity index (χ1) is 9.55. The minimum atomic E-state index is 0.321. The van der Waals surface area contributed by atoms with Crippen LogP contribution in [-0.4, -0.2) is 9.78 Å². The summed E-state index contributed by atoms with van der Waals surface area (Å²) in [5.74, 6) is 0. The van der Waals surface area contributed by atoms with Gasteiger partial charge in [0.15, 0.2) is 0 Å². The summed E-state index contributed by atoms with van der Waals surface area (Å²) in [4.78, 5) is 0. The number of hydrogen-bond acceptors (Lipinski definition) is 1. The van der Waals surface area contributed by atoms with Crippen molar-refractivity contribution in [3.8, 4) is 0 Å². The topological polar surface area (TPSA) is 17.8 Å². The first kappa shape index (κ1) is 17.3. The highest BCUT2D eigenvalue weighted by molar-refractivity contribution is 5.26. The first-order valence-electron chi connectivity index (χ1n) is 8.54. The van der Waals surface area contributed by atoms with Gasteiger partial charge in [-0.3, -0.25) is 4.68 Å². The lowest BCUT2D eigenvalue weighted by Crippen LogP contribution is -2.23. The fraction of sp³-hybridized carbons (Fsp3) is 0.833. The highest BCUT2D eigenvalue weighted by atomic mass is 15.3. The van der Waals surface area contributed by atoms with Crippen LogP contribution < -0.4 is 0 Å². The third-order valence-corrected chi connectivity index (χ3v) is 4.80. The van der Waals surface area contributed by atoms with E-state index in [4.69, 9.17) is 0 Å². The molecule has 0 aliphatic carbocycles. The van der Waals surface area contributed by atoms with Gasteiger partial charge in [0.1, 0.15) is 0 Å². The Morgan fingerprint density at radius 2 is 1.55 bits per heavy atom. The summed E-state index contributed by atoms with van der Waals surface area (Å²) < 4.78 is 2.03. The number of unbranched alkanes of at least 4 members (excludes halogenated alkanes) is 5. The molecule has 1 atom stereocenters. The molecule has 1 unspecified atom stereocenters. The summed E-state index contributed by atoms with van der Waals surface area (Å²) in [6, 6.07) is 0. The molecule has 2 nitrogen and oxygen atoms in total. The number of hydrogen-bond donors (Lipinski definition) is 0. The van der Waals surface area contributed by atoms with Gasteiger partial charge in [-0.2, -0.15) is 5.10 Å². The normalized spacial score (nSPS) is 14.4. The number of aromatic nitrogens is 2. The molecule has 0 fully saturated rings. The van der Waals surface area contributed by atoms with Crippen LogP contribution in [0.5, 0.6) is 0 Å². The molecule has 0 radical (unpaired) electrons. The van der Waals surface area contributed by atoms with Crippen LogP contribution in [0.25, 0.3) is 0 Å². The van der Waals surface area contributed by atoms with E-state index in [1.807, 2.05) is 4.68 Å². The molecular weight excluding hydrogens is 244 g/mol. The van der Waals surface area contributed by atoms with Gasteiger partial charge in [0.2, 0.25) is 0 Å². The lowest BCUT2D eigenvalue weighted by molar-refractivity contribution is 0.364. The van der Waals surface area contributed by atoms with Gasteiger partial charge in [-0.05, 0) is 30.7 Å². The van der Waals surface area contributed by atoms with Crippen LogP contribution in [0.4, 0.5) is 0 Å². The maximum Gasteiger partial charge on any atom is 0.0530 e. The van der Waals surface area contributed by atoms with Crippen molar-refractivity contribution in [2.75, 3.05) is 0 Å². The summed E-state index contributed by atoms with van der Waals surface area (Å²) in [6.45, 7) is 9.24. The average Bonchev–Trinajstić information content (AvgIpc) is 2.76. The smallest absolute Gasteiger partial charge is 0.0530 e. The van der Waals surface area contributed by atoms with Gasteiger partial charge in [0.05, 0.1) is 6.20 Å². The van der Waals surface area contributed by atoms with Gasteiger partial charge in [-0.1, -0.05) is 65.7 Å². The molecular formula is C18H34N2. The molecule has 0 aliphatic rings. The molecule has 0 aromatic carbocycles. The minimum Gasteiger partial charge on any atom is -0.273 e. The fourth-order valence-corrected chi connectivity index (χ4v) is 3.19. The van der Waals surface area contributed by atoms with E-state index in [1.54, 1.807) is 0 Å². The van der Waals surface area contributed by atoms with Gasteiger partial charge < -0.3 is 0 Å². The number of nitrogens with zero attached hydrogens (tertiary/aromatic N) is 2. The summed E-state index contributed by atoms with van der Waals surface area (Å²) in [6.07, 6.45) is 14.1. The largest absolute Gasteiger partial charge is 0.273 e. The zero-order valence-corrected chi connectivity index (χ0v) is 14.3. The Balaban J connectivity index is 2.74. The molecule has 0 saturated heterocycles. The predicted octanol–water partition coefficient (Wildman–Crippen LogP) is 5.54. The highest BCUT2D eigenvalue weighted by Crippen LogP contribution is 2.36. The molecule has 0 spiro atoms. The lowest BCUT2D eigenvalue weighted by atomic mass is 9.74. The Kier molecular flexibility index (Phi) is 7.32. The van der Waals surface area contributed by atoms with Crippen LogP contribution in [0.2, 0.25) is 0 Å². The molecule has 1 aromatic heterocycles. The van der Waals surface area contributed by atoms with Crippen molar-refractivity contribution in [2.24, 2.45) is 7.05 Å². The van der Waals surface area contributed by atoms with Crippen LogP contribution in [0.3, 0.4) is 0 Å². The third-order valence-electron chi connectivity index (χ3n) is 4.80. The molecule has 2 heteroatoms. The summed E-state index contributed by atoms with van der Waals surface area (Å²) in [7, 11) is 2.06. The first-order valence-corrected chi connectivity index (χ1v) is 8.54. The Labute approximate surface area is 126 Å². The van der Waals surface area contributed by atoms with E-state index in [1.165, 1.54) is 69.0 Å². The van der Waals surface area contributed by atoms with E-state index < -0.39 is 0 Å². The van der Waals surface area contributed by atoms with Gasteiger partial charge >= 0.3 is 0 Å². The van der Waals surface area contributed by atoms with E-state index in [9.17, 15) is 0 Å². The Hall–Kier alpha value is -0.790. The fourth-order valence-electron chi connectivity index (χ4n) is 3.19. The van der Waals surface area contributed by atoms with E-state index >= 15 is 0 Å². The molecule has 1 aromatic rings. The van der Waals surface area contributed by atoms with Gasteiger partial charge in [-0.25, -0.2) is 0 Å². The van der Waals surface area contributed by atoms with Crippen molar-refractivity contribution < 1.29 is 0 Å². The van der Waals surface area contributed by atoms with E-state index in [0.717, 1.165) is 0 Å². The number of aryl methyl sites for hydroxylation is 1. The van der Waals surface area contributed by atoms with Gasteiger partial charge in [0.25, 0.3) is 0 Å². The monoisotopic (exact) mass is 278 g/mol. The van der Waals surface area contributed by atoms with E-state index in [0.29, 0.717) is 5.41 Å². The van der Waals surface area contributed by atoms with Crippen molar-refractivity contribution in [1.82, 2.24) is 9.78 Å². The van der Waals surface area contributed by atoms with Crippen LogP contribution >= 0.6 is 0 Å². The standard InChI is InChI=1S/C18H34N2/c1-6-8-10-12-14-18(4,13-11-9-7-2)17-15-19-20(5)16(17)3/h15H,6-14H2,1-5H3. The maximum atomic E-state index is 4.47. The number of rotatable bonds is 10. The molecule has 0 bridgehead atoms. The second kappa shape index (κ2) is 8.49. The van der Waals surface area contributed by atoms with Gasteiger partial charge in [0, 0.05) is 12.7 Å². The summed E-state index contributed by atoms with van der Waals surface area (Å²) in [5.41, 5.74) is 3.15. The molecule has 0 saturated carbocycles. The van der Waals surface area contributed by atoms with Crippen molar-refractivity contribution >= 4 is 0 Å². The summed E-state index contributed by atoms with van der Waals surface area (Å²) >= 11 is 0. The van der Waals surface area contributed by atoms with Crippen LogP contribution in [0.1, 0.15) is 89.8 Å². The SMILES string of the molecule is CCCCCCC(C)(CCCCC)c1cnn(C)c1C. The molecule has 116 valence electrons. The lowest BCUT2D eigenvalue weighted by Gasteiger charge is -2.30. The Bertz CT molecular complexity index is 381.